The van der Waals surface area contributed by atoms with Gasteiger partial charge in [-0.1, -0.05) is 57.2 Å². The second-order valence-corrected chi connectivity index (χ2v) is 8.40. The lowest BCUT2D eigenvalue weighted by atomic mass is 9.87. The zero-order valence-electron chi connectivity index (χ0n) is 18.0. The third-order valence-corrected chi connectivity index (χ3v) is 5.09. The van der Waals surface area contributed by atoms with E-state index in [1.165, 1.54) is 5.56 Å². The largest absolute Gasteiger partial charge is 0.490 e. The number of hydrogen-bond acceptors (Lipinski definition) is 4. The normalized spacial score (nSPS) is 11.5. The van der Waals surface area contributed by atoms with Crippen LogP contribution in [0, 0.1) is 0 Å². The molecule has 0 aliphatic rings. The number of aromatic nitrogens is 2. The molecule has 1 heterocycles. The standard InChI is InChI=1S/C26H26N2O3/c1-26(2,3)18-12-14-19(15-13-18)30-16-17-31-23-11-7-5-9-21(23)24-27-22-10-6-4-8-20(22)25(29)28-24/h4-15H,16-17H2,1-3H3,(H,27,28,29). The highest BCUT2D eigenvalue weighted by atomic mass is 16.5. The fourth-order valence-corrected chi connectivity index (χ4v) is 3.36. The van der Waals surface area contributed by atoms with Crippen LogP contribution in [0.25, 0.3) is 22.3 Å². The number of para-hydroxylation sites is 2. The molecule has 0 fully saturated rings. The third kappa shape index (κ3) is 4.77. The lowest BCUT2D eigenvalue weighted by Crippen LogP contribution is -2.12. The Labute approximate surface area is 181 Å². The average Bonchev–Trinajstić information content (AvgIpc) is 2.77. The Morgan fingerprint density at radius 2 is 1.52 bits per heavy atom. The maximum Gasteiger partial charge on any atom is 0.259 e. The van der Waals surface area contributed by atoms with Crippen LogP contribution >= 0.6 is 0 Å². The summed E-state index contributed by atoms with van der Waals surface area (Å²) in [6.07, 6.45) is 0. The lowest BCUT2D eigenvalue weighted by molar-refractivity contribution is 0.217. The third-order valence-electron chi connectivity index (χ3n) is 5.09. The quantitative estimate of drug-likeness (QED) is 0.432. The summed E-state index contributed by atoms with van der Waals surface area (Å²) in [5.41, 5.74) is 2.60. The van der Waals surface area contributed by atoms with E-state index in [2.05, 4.69) is 42.9 Å². The van der Waals surface area contributed by atoms with E-state index in [1.807, 2.05) is 54.6 Å². The highest BCUT2D eigenvalue weighted by molar-refractivity contribution is 5.80. The summed E-state index contributed by atoms with van der Waals surface area (Å²) in [6, 6.07) is 23.0. The van der Waals surface area contributed by atoms with E-state index >= 15 is 0 Å². The molecule has 0 spiro atoms. The number of benzene rings is 3. The molecule has 1 N–H and O–H groups in total. The molecule has 4 rings (SSSR count). The van der Waals surface area contributed by atoms with Crippen molar-refractivity contribution >= 4 is 10.9 Å². The predicted molar refractivity (Wildman–Crippen MR) is 124 cm³/mol. The lowest BCUT2D eigenvalue weighted by Gasteiger charge is -2.19. The molecule has 3 aromatic carbocycles. The Kier molecular flexibility index (Phi) is 5.76. The number of fused-ring (bicyclic) bond motifs is 1. The van der Waals surface area contributed by atoms with E-state index in [-0.39, 0.29) is 11.0 Å². The molecule has 5 nitrogen and oxygen atoms in total. The van der Waals surface area contributed by atoms with Crippen molar-refractivity contribution in [2.45, 2.75) is 26.2 Å². The van der Waals surface area contributed by atoms with Gasteiger partial charge in [-0.2, -0.15) is 0 Å². The Morgan fingerprint density at radius 1 is 0.839 bits per heavy atom. The molecule has 4 aromatic rings. The fraction of sp³-hybridized carbons (Fsp3) is 0.231. The van der Waals surface area contributed by atoms with E-state index in [9.17, 15) is 4.79 Å². The minimum Gasteiger partial charge on any atom is -0.490 e. The average molecular weight is 415 g/mol. The first-order chi connectivity index (χ1) is 14.9. The highest BCUT2D eigenvalue weighted by Gasteiger charge is 2.13. The highest BCUT2D eigenvalue weighted by Crippen LogP contribution is 2.28. The van der Waals surface area contributed by atoms with E-state index in [0.717, 1.165) is 11.3 Å². The topological polar surface area (TPSA) is 64.2 Å². The number of rotatable bonds is 6. The number of ether oxygens (including phenoxy) is 2. The van der Waals surface area contributed by atoms with Gasteiger partial charge >= 0.3 is 0 Å². The van der Waals surface area contributed by atoms with Crippen molar-refractivity contribution in [3.8, 4) is 22.9 Å². The van der Waals surface area contributed by atoms with E-state index in [1.54, 1.807) is 6.07 Å². The molecule has 0 aliphatic carbocycles. The van der Waals surface area contributed by atoms with Crippen LogP contribution in [0.3, 0.4) is 0 Å². The van der Waals surface area contributed by atoms with Crippen LogP contribution in [0.15, 0.2) is 77.6 Å². The maximum atomic E-state index is 12.4. The number of aromatic amines is 1. The first-order valence-corrected chi connectivity index (χ1v) is 10.4. The van der Waals surface area contributed by atoms with E-state index in [0.29, 0.717) is 35.7 Å². The molecule has 0 atom stereocenters. The Hall–Kier alpha value is -3.60. The van der Waals surface area contributed by atoms with E-state index < -0.39 is 0 Å². The van der Waals surface area contributed by atoms with Crippen LogP contribution < -0.4 is 15.0 Å². The van der Waals surface area contributed by atoms with Gasteiger partial charge in [-0.15, -0.1) is 0 Å². The number of hydrogen-bond donors (Lipinski definition) is 1. The van der Waals surface area contributed by atoms with Crippen LogP contribution in [-0.4, -0.2) is 23.2 Å². The Morgan fingerprint density at radius 3 is 2.29 bits per heavy atom. The molecule has 1 aromatic heterocycles. The van der Waals surface area contributed by atoms with Crippen LogP contribution in [0.5, 0.6) is 11.5 Å². The number of nitrogens with one attached hydrogen (secondary N) is 1. The van der Waals surface area contributed by atoms with Crippen molar-refractivity contribution in [3.05, 3.63) is 88.7 Å². The molecule has 0 saturated carbocycles. The van der Waals surface area contributed by atoms with E-state index in [4.69, 9.17) is 9.47 Å². The van der Waals surface area contributed by atoms with Crippen LogP contribution in [0.1, 0.15) is 26.3 Å². The van der Waals surface area contributed by atoms with Crippen LogP contribution in [0.4, 0.5) is 0 Å². The van der Waals surface area contributed by atoms with Gasteiger partial charge < -0.3 is 14.5 Å². The molecule has 5 heteroatoms. The van der Waals surface area contributed by atoms with Gasteiger partial charge in [0.25, 0.3) is 5.56 Å². The second-order valence-electron chi connectivity index (χ2n) is 8.40. The summed E-state index contributed by atoms with van der Waals surface area (Å²) in [5, 5.41) is 0.565. The number of H-pyrrole nitrogens is 1. The number of nitrogens with zero attached hydrogens (tertiary/aromatic N) is 1. The summed E-state index contributed by atoms with van der Waals surface area (Å²) >= 11 is 0. The zero-order chi connectivity index (χ0) is 21.8. The van der Waals surface area contributed by atoms with Gasteiger partial charge in [0, 0.05) is 0 Å². The summed E-state index contributed by atoms with van der Waals surface area (Å²) in [7, 11) is 0. The molecule has 0 bridgehead atoms. The summed E-state index contributed by atoms with van der Waals surface area (Å²) in [5.74, 6) is 1.94. The van der Waals surface area contributed by atoms with Gasteiger partial charge in [0.2, 0.25) is 0 Å². The molecule has 0 unspecified atom stereocenters. The minimum absolute atomic E-state index is 0.114. The van der Waals surface area contributed by atoms with Crippen molar-refractivity contribution in [1.82, 2.24) is 9.97 Å². The van der Waals surface area contributed by atoms with Gasteiger partial charge in [0.15, 0.2) is 0 Å². The van der Waals surface area contributed by atoms with Crippen LogP contribution in [0.2, 0.25) is 0 Å². The van der Waals surface area contributed by atoms with Crippen molar-refractivity contribution < 1.29 is 9.47 Å². The van der Waals surface area contributed by atoms with Crippen molar-refractivity contribution in [2.75, 3.05) is 13.2 Å². The molecular formula is C26H26N2O3. The first-order valence-electron chi connectivity index (χ1n) is 10.4. The first kappa shape index (κ1) is 20.7. The smallest absolute Gasteiger partial charge is 0.259 e. The zero-order valence-corrected chi connectivity index (χ0v) is 18.0. The van der Waals surface area contributed by atoms with Gasteiger partial charge in [-0.05, 0) is 47.4 Å². The summed E-state index contributed by atoms with van der Waals surface area (Å²) in [4.78, 5) is 19.9. The van der Waals surface area contributed by atoms with Gasteiger partial charge in [-0.3, -0.25) is 4.79 Å². The molecule has 0 saturated heterocycles. The molecule has 31 heavy (non-hydrogen) atoms. The van der Waals surface area contributed by atoms with Gasteiger partial charge in [0.05, 0.1) is 16.5 Å². The molecule has 0 amide bonds. The molecular weight excluding hydrogens is 388 g/mol. The van der Waals surface area contributed by atoms with Gasteiger partial charge in [-0.25, -0.2) is 4.98 Å². The minimum atomic E-state index is -0.169. The molecule has 158 valence electrons. The Balaban J connectivity index is 1.45. The Bertz CT molecular complexity index is 1240. The van der Waals surface area contributed by atoms with Crippen molar-refractivity contribution in [2.24, 2.45) is 0 Å². The molecule has 0 radical (unpaired) electrons. The monoisotopic (exact) mass is 414 g/mol. The summed E-state index contributed by atoms with van der Waals surface area (Å²) in [6.45, 7) is 7.34. The van der Waals surface area contributed by atoms with Crippen molar-refractivity contribution in [1.29, 1.82) is 0 Å². The molecule has 0 aliphatic heterocycles. The SMILES string of the molecule is CC(C)(C)c1ccc(OCCOc2ccccc2-c2nc3ccccc3c(=O)[nH]2)cc1. The van der Waals surface area contributed by atoms with Gasteiger partial charge in [0.1, 0.15) is 30.5 Å². The fourth-order valence-electron chi connectivity index (χ4n) is 3.36. The van der Waals surface area contributed by atoms with Crippen LogP contribution in [-0.2, 0) is 5.41 Å². The van der Waals surface area contributed by atoms with Crippen molar-refractivity contribution in [3.63, 3.8) is 0 Å². The summed E-state index contributed by atoms with van der Waals surface area (Å²) < 4.78 is 11.8. The second kappa shape index (κ2) is 8.64. The predicted octanol–water partition coefficient (Wildman–Crippen LogP) is 5.35. The maximum absolute atomic E-state index is 12.4.